The van der Waals surface area contributed by atoms with Gasteiger partial charge in [0.25, 0.3) is 5.91 Å². The fourth-order valence-electron chi connectivity index (χ4n) is 4.35. The van der Waals surface area contributed by atoms with Crippen molar-refractivity contribution >= 4 is 47.0 Å². The van der Waals surface area contributed by atoms with Crippen molar-refractivity contribution < 1.29 is 23.9 Å². The summed E-state index contributed by atoms with van der Waals surface area (Å²) in [6.45, 7) is 1.97. The summed E-state index contributed by atoms with van der Waals surface area (Å²) >= 11 is 3.01. The number of carbonyl (C=O) groups is 3. The Morgan fingerprint density at radius 2 is 1.87 bits per heavy atom. The third kappa shape index (κ3) is 5.91. The quantitative estimate of drug-likeness (QED) is 0.310. The molecule has 1 fully saturated rings. The van der Waals surface area contributed by atoms with Crippen LogP contribution in [-0.4, -0.2) is 51.9 Å². The lowest BCUT2D eigenvalue weighted by atomic mass is 10.0. The second-order valence-corrected chi connectivity index (χ2v) is 11.0. The van der Waals surface area contributed by atoms with Crippen LogP contribution in [0, 0.1) is 6.92 Å². The van der Waals surface area contributed by atoms with E-state index < -0.39 is 12.0 Å². The van der Waals surface area contributed by atoms with Crippen LogP contribution in [0.4, 0.5) is 0 Å². The molecule has 0 unspecified atom stereocenters. The van der Waals surface area contributed by atoms with E-state index in [-0.39, 0.29) is 35.9 Å². The predicted molar refractivity (Wildman–Crippen MR) is 151 cm³/mol. The van der Waals surface area contributed by atoms with Crippen molar-refractivity contribution in [3.63, 3.8) is 0 Å². The minimum Gasteiger partial charge on any atom is -0.497 e. The number of rotatable bonds is 9. The molecule has 2 aromatic carbocycles. The van der Waals surface area contributed by atoms with E-state index in [0.717, 1.165) is 21.7 Å². The molecule has 0 bridgehead atoms. The molecule has 2 atom stereocenters. The Morgan fingerprint density at radius 1 is 1.10 bits per heavy atom. The van der Waals surface area contributed by atoms with Gasteiger partial charge in [-0.05, 0) is 41.8 Å². The van der Waals surface area contributed by atoms with E-state index in [1.165, 1.54) is 28.0 Å². The fraction of sp³-hybridized carbons (Fsp3) is 0.241. The summed E-state index contributed by atoms with van der Waals surface area (Å²) in [5.41, 5.74) is 5.22. The van der Waals surface area contributed by atoms with Crippen molar-refractivity contribution in [3.8, 4) is 5.75 Å². The Bertz CT molecular complexity index is 1430. The molecule has 8 nitrogen and oxygen atoms in total. The molecule has 3 aromatic rings. The van der Waals surface area contributed by atoms with Crippen molar-refractivity contribution in [1.29, 1.82) is 0 Å². The fourth-order valence-corrected chi connectivity index (χ4v) is 6.36. The second kappa shape index (κ2) is 11.9. The zero-order valence-electron chi connectivity index (χ0n) is 21.5. The van der Waals surface area contributed by atoms with Gasteiger partial charge in [-0.25, -0.2) is 9.78 Å². The minimum absolute atomic E-state index is 0.0500. The Morgan fingerprint density at radius 3 is 2.56 bits per heavy atom. The van der Waals surface area contributed by atoms with Crippen LogP contribution in [0.1, 0.15) is 21.7 Å². The summed E-state index contributed by atoms with van der Waals surface area (Å²) in [4.78, 5) is 46.1. The molecule has 2 aliphatic heterocycles. The number of methoxy groups -OCH3 is 1. The van der Waals surface area contributed by atoms with E-state index in [1.54, 1.807) is 24.8 Å². The highest BCUT2D eigenvalue weighted by atomic mass is 32.2. The van der Waals surface area contributed by atoms with Gasteiger partial charge in [-0.2, -0.15) is 0 Å². The number of aromatic nitrogens is 1. The lowest BCUT2D eigenvalue weighted by molar-refractivity contribution is -0.153. The molecule has 3 heterocycles. The molecule has 1 saturated heterocycles. The number of allylic oxidation sites excluding steroid dienone is 1. The largest absolute Gasteiger partial charge is 0.497 e. The molecular weight excluding hydrogens is 534 g/mol. The molecule has 1 N–H and O–H groups in total. The maximum Gasteiger partial charge on any atom is 0.355 e. The molecule has 39 heavy (non-hydrogen) atoms. The Kier molecular flexibility index (Phi) is 8.13. The highest BCUT2D eigenvalue weighted by molar-refractivity contribution is 8.00. The summed E-state index contributed by atoms with van der Waals surface area (Å²) in [6.07, 6.45) is 3.93. The maximum atomic E-state index is 13.4. The van der Waals surface area contributed by atoms with E-state index in [2.05, 4.69) is 10.3 Å². The molecule has 5 rings (SSSR count). The number of aryl methyl sites for hydroxylation is 1. The summed E-state index contributed by atoms with van der Waals surface area (Å²) in [5.74, 6) is 0.0426. The summed E-state index contributed by atoms with van der Waals surface area (Å²) in [7, 11) is 1.59. The zero-order valence-corrected chi connectivity index (χ0v) is 23.1. The minimum atomic E-state index is -0.704. The lowest BCUT2D eigenvalue weighted by Gasteiger charge is -2.49. The molecule has 1 aromatic heterocycles. The number of thiazole rings is 1. The topological polar surface area (TPSA) is 97.8 Å². The predicted octanol–water partition coefficient (Wildman–Crippen LogP) is 4.11. The van der Waals surface area contributed by atoms with Crippen LogP contribution in [-0.2, 0) is 32.1 Å². The summed E-state index contributed by atoms with van der Waals surface area (Å²) in [5, 5.41) is 2.47. The number of β-lactam (4-membered cyclic amide) rings is 1. The normalized spacial score (nSPS) is 18.5. The Hall–Kier alpha value is -3.89. The highest BCUT2D eigenvalue weighted by Gasteiger charge is 2.54. The molecule has 0 radical (unpaired) electrons. The highest BCUT2D eigenvalue weighted by Crippen LogP contribution is 2.41. The molecule has 2 amide bonds. The molecule has 0 saturated carbocycles. The van der Waals surface area contributed by atoms with Gasteiger partial charge in [0, 0.05) is 10.6 Å². The van der Waals surface area contributed by atoms with Gasteiger partial charge in [-0.3, -0.25) is 14.5 Å². The van der Waals surface area contributed by atoms with E-state index in [0.29, 0.717) is 17.1 Å². The SMILES string of the molecule is COc1ccc(COC(=O)C2=C(/C=C\c3scnc3C)CS[C@@H]3[C@H](NC(=O)Cc4ccccc4)C(=O)N23)cc1. The van der Waals surface area contributed by atoms with Crippen molar-refractivity contribution in [3.05, 3.63) is 99.2 Å². The second-order valence-electron chi connectivity index (χ2n) is 9.05. The number of hydrogen-bond acceptors (Lipinski definition) is 8. The van der Waals surface area contributed by atoms with Gasteiger partial charge >= 0.3 is 5.97 Å². The number of carbonyl (C=O) groups excluding carboxylic acids is 3. The van der Waals surface area contributed by atoms with Crippen LogP contribution in [0.2, 0.25) is 0 Å². The number of esters is 1. The van der Waals surface area contributed by atoms with Crippen LogP contribution in [0.5, 0.6) is 5.75 Å². The first-order chi connectivity index (χ1) is 18.9. The summed E-state index contributed by atoms with van der Waals surface area (Å²) < 4.78 is 10.8. The third-order valence-electron chi connectivity index (χ3n) is 6.46. The van der Waals surface area contributed by atoms with Crippen molar-refractivity contribution in [2.75, 3.05) is 12.9 Å². The first kappa shape index (κ1) is 26.7. The lowest BCUT2D eigenvalue weighted by Crippen LogP contribution is -2.70. The molecule has 10 heteroatoms. The number of nitrogens with zero attached hydrogens (tertiary/aromatic N) is 2. The van der Waals surface area contributed by atoms with Gasteiger partial charge in [-0.15, -0.1) is 23.1 Å². The monoisotopic (exact) mass is 561 g/mol. The van der Waals surface area contributed by atoms with Crippen molar-refractivity contribution in [2.24, 2.45) is 0 Å². The number of ether oxygens (including phenoxy) is 2. The number of nitrogens with one attached hydrogen (secondary N) is 1. The Labute approximate surface area is 234 Å². The number of amides is 2. The average Bonchev–Trinajstić information content (AvgIpc) is 3.38. The van der Waals surface area contributed by atoms with Gasteiger partial charge in [0.15, 0.2) is 0 Å². The van der Waals surface area contributed by atoms with Crippen molar-refractivity contribution in [2.45, 2.75) is 31.4 Å². The van der Waals surface area contributed by atoms with E-state index in [4.69, 9.17) is 9.47 Å². The molecule has 2 aliphatic rings. The zero-order chi connectivity index (χ0) is 27.4. The van der Waals surface area contributed by atoms with Crippen molar-refractivity contribution in [1.82, 2.24) is 15.2 Å². The summed E-state index contributed by atoms with van der Waals surface area (Å²) in [6, 6.07) is 15.9. The van der Waals surface area contributed by atoms with Gasteiger partial charge in [0.2, 0.25) is 5.91 Å². The third-order valence-corrected chi connectivity index (χ3v) is 8.66. The smallest absolute Gasteiger partial charge is 0.355 e. The average molecular weight is 562 g/mol. The first-order valence-electron chi connectivity index (χ1n) is 12.3. The van der Waals surface area contributed by atoms with Crippen LogP contribution in [0.25, 0.3) is 6.08 Å². The number of thioether (sulfide) groups is 1. The standard InChI is InChI=1S/C29H27N3O5S2/c1-18-23(39-17-30-18)13-10-21-16-38-28-25(31-24(33)14-19-6-4-3-5-7-19)27(34)32(28)26(21)29(35)37-15-20-8-11-22(36-2)12-9-20/h3-13,17,25,28H,14-16H2,1-2H3,(H,31,33)/b13-10-/t25-,28-/m1/s1. The first-order valence-corrected chi connectivity index (χ1v) is 14.3. The molecule has 0 aliphatic carbocycles. The van der Waals surface area contributed by atoms with Gasteiger partial charge in [0.1, 0.15) is 29.5 Å². The Balaban J connectivity index is 1.34. The van der Waals surface area contributed by atoms with Gasteiger partial charge in [-0.1, -0.05) is 48.5 Å². The van der Waals surface area contributed by atoms with E-state index >= 15 is 0 Å². The molecule has 200 valence electrons. The number of fused-ring (bicyclic) bond motifs is 1. The van der Waals surface area contributed by atoms with Crippen LogP contribution in [0.3, 0.4) is 0 Å². The molecular formula is C29H27N3O5S2. The molecule has 0 spiro atoms. The number of benzene rings is 2. The van der Waals surface area contributed by atoms with Gasteiger partial charge in [0.05, 0.1) is 24.7 Å². The van der Waals surface area contributed by atoms with Crippen LogP contribution < -0.4 is 10.1 Å². The van der Waals surface area contributed by atoms with Gasteiger partial charge < -0.3 is 14.8 Å². The van der Waals surface area contributed by atoms with Crippen LogP contribution in [0.15, 0.2) is 77.5 Å². The van der Waals surface area contributed by atoms with E-state index in [1.807, 2.05) is 61.5 Å². The van der Waals surface area contributed by atoms with Crippen LogP contribution >= 0.6 is 23.1 Å². The number of hydrogen-bond donors (Lipinski definition) is 1. The van der Waals surface area contributed by atoms with E-state index in [9.17, 15) is 14.4 Å². The maximum absolute atomic E-state index is 13.4.